The first-order chi connectivity index (χ1) is 12.0. The number of thioether (sulfide) groups is 1. The number of benzene rings is 1. The van der Waals surface area contributed by atoms with Crippen molar-refractivity contribution < 1.29 is 9.59 Å². The van der Waals surface area contributed by atoms with E-state index in [0.717, 1.165) is 5.56 Å². The molecule has 1 aromatic heterocycles. The monoisotopic (exact) mass is 381 g/mol. The molecule has 0 bridgehead atoms. The highest BCUT2D eigenvalue weighted by Gasteiger charge is 2.21. The van der Waals surface area contributed by atoms with Crippen LogP contribution in [0.15, 0.2) is 29.4 Å². The minimum absolute atomic E-state index is 0.380. The normalized spacial score (nSPS) is 11.8. The van der Waals surface area contributed by atoms with E-state index in [0.29, 0.717) is 29.1 Å². The first-order valence-corrected chi connectivity index (χ1v) is 9.16. The molecule has 7 nitrogen and oxygen atoms in total. The van der Waals surface area contributed by atoms with Crippen molar-refractivity contribution in [3.8, 4) is 11.4 Å². The summed E-state index contributed by atoms with van der Waals surface area (Å²) in [5.74, 6) is 0.327. The summed E-state index contributed by atoms with van der Waals surface area (Å²) in [5, 5.41) is 14.0. The Kier molecular flexibility index (Phi) is 6.83. The molecule has 25 heavy (non-hydrogen) atoms. The van der Waals surface area contributed by atoms with Gasteiger partial charge in [-0.3, -0.25) is 10.1 Å². The molecule has 2 aromatic rings. The maximum absolute atomic E-state index is 12.1. The molecule has 0 unspecified atom stereocenters. The molecule has 1 atom stereocenters. The molecule has 2 N–H and O–H groups in total. The van der Waals surface area contributed by atoms with E-state index in [1.54, 1.807) is 26.0 Å². The minimum atomic E-state index is -0.501. The van der Waals surface area contributed by atoms with Crippen LogP contribution in [0.2, 0.25) is 5.02 Å². The number of rotatable bonds is 6. The quantitative estimate of drug-likeness (QED) is 0.751. The number of amides is 3. The maximum Gasteiger partial charge on any atom is 0.321 e. The molecule has 0 spiro atoms. The van der Waals surface area contributed by atoms with Gasteiger partial charge >= 0.3 is 6.03 Å². The van der Waals surface area contributed by atoms with Gasteiger partial charge in [0.25, 0.3) is 0 Å². The molecule has 0 aliphatic heterocycles. The van der Waals surface area contributed by atoms with Crippen molar-refractivity contribution in [2.75, 3.05) is 6.54 Å². The highest BCUT2D eigenvalue weighted by Crippen LogP contribution is 2.27. The number of carbonyl (C=O) groups is 2. The van der Waals surface area contributed by atoms with Crippen molar-refractivity contribution >= 4 is 35.3 Å². The molecule has 9 heteroatoms. The molecule has 0 aliphatic rings. The van der Waals surface area contributed by atoms with Gasteiger partial charge in [-0.1, -0.05) is 23.4 Å². The van der Waals surface area contributed by atoms with E-state index in [2.05, 4.69) is 20.8 Å². The van der Waals surface area contributed by atoms with E-state index in [4.69, 9.17) is 11.6 Å². The summed E-state index contributed by atoms with van der Waals surface area (Å²) in [5.41, 5.74) is 0.894. The highest BCUT2D eigenvalue weighted by atomic mass is 35.5. The van der Waals surface area contributed by atoms with E-state index in [-0.39, 0.29) is 5.91 Å². The Labute approximate surface area is 155 Å². The summed E-state index contributed by atoms with van der Waals surface area (Å²) in [7, 11) is 0. The molecule has 0 saturated carbocycles. The van der Waals surface area contributed by atoms with Crippen molar-refractivity contribution in [1.82, 2.24) is 25.4 Å². The van der Waals surface area contributed by atoms with Crippen LogP contribution >= 0.6 is 23.4 Å². The number of nitrogens with zero attached hydrogens (tertiary/aromatic N) is 3. The third-order valence-corrected chi connectivity index (χ3v) is 4.69. The second kappa shape index (κ2) is 8.87. The first-order valence-electron chi connectivity index (χ1n) is 7.90. The van der Waals surface area contributed by atoms with Gasteiger partial charge in [0.1, 0.15) is 0 Å². The molecule has 3 amide bonds. The van der Waals surface area contributed by atoms with Crippen molar-refractivity contribution in [2.45, 2.75) is 37.7 Å². The topological polar surface area (TPSA) is 88.9 Å². The van der Waals surface area contributed by atoms with Gasteiger partial charge in [0.05, 0.1) is 5.25 Å². The van der Waals surface area contributed by atoms with Gasteiger partial charge in [0.15, 0.2) is 11.0 Å². The van der Waals surface area contributed by atoms with E-state index in [1.807, 2.05) is 23.6 Å². The van der Waals surface area contributed by atoms with Gasteiger partial charge in [-0.15, -0.1) is 10.2 Å². The third-order valence-electron chi connectivity index (χ3n) is 3.36. The Bertz CT molecular complexity index is 747. The van der Waals surface area contributed by atoms with Crippen LogP contribution in [-0.2, 0) is 11.3 Å². The number of imide groups is 1. The Balaban J connectivity index is 2.13. The van der Waals surface area contributed by atoms with Crippen LogP contribution in [0.3, 0.4) is 0 Å². The van der Waals surface area contributed by atoms with E-state index in [9.17, 15) is 9.59 Å². The lowest BCUT2D eigenvalue weighted by Gasteiger charge is -2.12. The predicted molar refractivity (Wildman–Crippen MR) is 98.7 cm³/mol. The second-order valence-electron chi connectivity index (χ2n) is 5.17. The maximum atomic E-state index is 12.1. The average Bonchev–Trinajstić information content (AvgIpc) is 2.98. The fourth-order valence-electron chi connectivity index (χ4n) is 2.10. The number of aromatic nitrogens is 3. The summed E-state index contributed by atoms with van der Waals surface area (Å²) in [6.07, 6.45) is 0. The molecule has 2 rings (SSSR count). The van der Waals surface area contributed by atoms with Crippen molar-refractivity contribution in [3.05, 3.63) is 29.3 Å². The molecule has 1 heterocycles. The lowest BCUT2D eigenvalue weighted by atomic mass is 10.2. The minimum Gasteiger partial charge on any atom is -0.338 e. The zero-order chi connectivity index (χ0) is 18.4. The van der Waals surface area contributed by atoms with Gasteiger partial charge in [0, 0.05) is 23.7 Å². The Morgan fingerprint density at radius 3 is 2.52 bits per heavy atom. The number of hydrogen-bond donors (Lipinski definition) is 2. The van der Waals surface area contributed by atoms with Crippen LogP contribution in [0.25, 0.3) is 11.4 Å². The molecule has 0 fully saturated rings. The fourth-order valence-corrected chi connectivity index (χ4v) is 3.14. The van der Waals surface area contributed by atoms with Crippen molar-refractivity contribution in [1.29, 1.82) is 0 Å². The Hall–Kier alpha value is -2.06. The summed E-state index contributed by atoms with van der Waals surface area (Å²) in [4.78, 5) is 23.5. The lowest BCUT2D eigenvalue weighted by Crippen LogP contribution is -2.42. The molecule has 0 saturated heterocycles. The molecule has 134 valence electrons. The highest BCUT2D eigenvalue weighted by molar-refractivity contribution is 8.00. The van der Waals surface area contributed by atoms with Gasteiger partial charge in [0.2, 0.25) is 5.91 Å². The van der Waals surface area contributed by atoms with Crippen molar-refractivity contribution in [3.63, 3.8) is 0 Å². The largest absolute Gasteiger partial charge is 0.338 e. The Morgan fingerprint density at radius 1 is 1.24 bits per heavy atom. The zero-order valence-electron chi connectivity index (χ0n) is 14.2. The number of hydrogen-bond acceptors (Lipinski definition) is 5. The number of urea groups is 1. The van der Waals surface area contributed by atoms with Gasteiger partial charge < -0.3 is 9.88 Å². The average molecular weight is 382 g/mol. The second-order valence-corrected chi connectivity index (χ2v) is 6.91. The molecular formula is C16H20ClN5O2S. The summed E-state index contributed by atoms with van der Waals surface area (Å²) in [6, 6.07) is 6.83. The summed E-state index contributed by atoms with van der Waals surface area (Å²) >= 11 is 7.17. The summed E-state index contributed by atoms with van der Waals surface area (Å²) < 4.78 is 1.92. The van der Waals surface area contributed by atoms with Crippen LogP contribution < -0.4 is 10.6 Å². The van der Waals surface area contributed by atoms with Crippen LogP contribution in [0.1, 0.15) is 20.8 Å². The first kappa shape index (κ1) is 19.3. The van der Waals surface area contributed by atoms with E-state index < -0.39 is 11.3 Å². The van der Waals surface area contributed by atoms with E-state index >= 15 is 0 Å². The number of carbonyl (C=O) groups excluding carboxylic acids is 2. The lowest BCUT2D eigenvalue weighted by molar-refractivity contribution is -0.119. The van der Waals surface area contributed by atoms with Crippen LogP contribution in [0.5, 0.6) is 0 Å². The third kappa shape index (κ3) is 4.96. The van der Waals surface area contributed by atoms with Gasteiger partial charge in [-0.25, -0.2) is 4.79 Å². The molecule has 1 aromatic carbocycles. The summed E-state index contributed by atoms with van der Waals surface area (Å²) in [6.45, 7) is 6.58. The fraction of sp³-hybridized carbons (Fsp3) is 0.375. The number of nitrogens with one attached hydrogen (secondary N) is 2. The van der Waals surface area contributed by atoms with Gasteiger partial charge in [-0.05, 0) is 45.0 Å². The molecule has 0 aliphatic carbocycles. The Morgan fingerprint density at radius 2 is 1.92 bits per heavy atom. The van der Waals surface area contributed by atoms with Crippen LogP contribution in [0.4, 0.5) is 4.79 Å². The standard InChI is InChI=1S/C16H20ClN5O2S/c1-4-18-15(24)19-14(23)10(3)25-16-21-20-13(22(16)5-2)11-6-8-12(17)9-7-11/h6-10H,4-5H2,1-3H3,(H2,18,19,23,24)/t10-/m1/s1. The van der Waals surface area contributed by atoms with Crippen LogP contribution in [-0.4, -0.2) is 38.5 Å². The predicted octanol–water partition coefficient (Wildman–Crippen LogP) is 2.94. The SMILES string of the molecule is CCNC(=O)NC(=O)[C@@H](C)Sc1nnc(-c2ccc(Cl)cc2)n1CC. The van der Waals surface area contributed by atoms with E-state index in [1.165, 1.54) is 11.8 Å². The zero-order valence-corrected chi connectivity index (χ0v) is 15.8. The van der Waals surface area contributed by atoms with Crippen molar-refractivity contribution in [2.24, 2.45) is 0 Å². The van der Waals surface area contributed by atoms with Crippen LogP contribution in [0, 0.1) is 0 Å². The number of halogens is 1. The smallest absolute Gasteiger partial charge is 0.321 e. The van der Waals surface area contributed by atoms with Gasteiger partial charge in [-0.2, -0.15) is 0 Å². The molecular weight excluding hydrogens is 362 g/mol. The molecule has 0 radical (unpaired) electrons.